The van der Waals surface area contributed by atoms with Gasteiger partial charge in [0.25, 0.3) is 0 Å². The first-order valence-electron chi connectivity index (χ1n) is 12.4. The van der Waals surface area contributed by atoms with Crippen LogP contribution in [0.1, 0.15) is 112 Å². The molecular formula is C30H36N2O4S. The van der Waals surface area contributed by atoms with Crippen molar-refractivity contribution in [2.75, 3.05) is 0 Å². The van der Waals surface area contributed by atoms with Gasteiger partial charge in [0.1, 0.15) is 28.5 Å². The van der Waals surface area contributed by atoms with Crippen LogP contribution in [0.3, 0.4) is 0 Å². The van der Waals surface area contributed by atoms with E-state index in [0.29, 0.717) is 33.4 Å². The van der Waals surface area contributed by atoms with Crippen molar-refractivity contribution in [3.05, 3.63) is 68.0 Å². The molecule has 0 aromatic heterocycles. The molecule has 0 heterocycles. The Morgan fingerprint density at radius 1 is 0.730 bits per heavy atom. The minimum Gasteiger partial charge on any atom is -0.507 e. The quantitative estimate of drug-likeness (QED) is 0.349. The van der Waals surface area contributed by atoms with E-state index in [0.717, 1.165) is 5.41 Å². The minimum atomic E-state index is -4.29. The van der Waals surface area contributed by atoms with Crippen LogP contribution in [0.5, 0.6) is 11.5 Å². The van der Waals surface area contributed by atoms with Gasteiger partial charge in [-0.15, -0.1) is 0 Å². The van der Waals surface area contributed by atoms with Crippen LogP contribution in [0.25, 0.3) is 11.6 Å². The molecule has 0 saturated heterocycles. The molecule has 2 aromatic carbocycles. The molecule has 0 aliphatic carbocycles. The predicted molar refractivity (Wildman–Crippen MR) is 149 cm³/mol. The molecule has 2 aromatic rings. The van der Waals surface area contributed by atoms with Crippen LogP contribution in [-0.4, -0.2) is 18.6 Å². The minimum absolute atomic E-state index is 0.0158. The van der Waals surface area contributed by atoms with E-state index >= 15 is 0 Å². The molecule has 0 atom stereocenters. The smallest absolute Gasteiger partial charge is 0.211 e. The van der Waals surface area contributed by atoms with E-state index in [2.05, 4.69) is 0 Å². The number of nitriles is 2. The molecule has 0 bridgehead atoms. The van der Waals surface area contributed by atoms with E-state index < -0.39 is 14.7 Å². The van der Waals surface area contributed by atoms with Crippen molar-refractivity contribution in [3.63, 3.8) is 0 Å². The van der Waals surface area contributed by atoms with Crippen molar-refractivity contribution in [1.29, 1.82) is 10.5 Å². The summed E-state index contributed by atoms with van der Waals surface area (Å²) in [4.78, 5) is -0.512. The number of sulfone groups is 1. The average molecular weight is 521 g/mol. The number of phenols is 2. The van der Waals surface area contributed by atoms with Gasteiger partial charge in [-0.3, -0.25) is 0 Å². The molecule has 7 heteroatoms. The second-order valence-electron chi connectivity index (χ2n) is 10.5. The summed E-state index contributed by atoms with van der Waals surface area (Å²) < 4.78 is 26.6. The van der Waals surface area contributed by atoms with E-state index in [1.165, 1.54) is 6.08 Å². The fourth-order valence-electron chi connectivity index (χ4n) is 4.09. The van der Waals surface area contributed by atoms with Crippen molar-refractivity contribution < 1.29 is 18.6 Å². The Kier molecular flexibility index (Phi) is 9.36. The highest BCUT2D eigenvalue weighted by molar-refractivity contribution is 7.98. The lowest BCUT2D eigenvalue weighted by Gasteiger charge is -2.17. The maximum absolute atomic E-state index is 13.3. The van der Waals surface area contributed by atoms with E-state index in [1.807, 2.05) is 61.5 Å². The van der Waals surface area contributed by atoms with E-state index in [4.69, 9.17) is 0 Å². The number of aromatic hydroxyl groups is 2. The molecule has 2 N–H and O–H groups in total. The fraction of sp³-hybridized carbons (Fsp3) is 0.400. The van der Waals surface area contributed by atoms with Crippen molar-refractivity contribution in [2.24, 2.45) is 0 Å². The fourth-order valence-corrected chi connectivity index (χ4v) is 5.14. The SMILES string of the molecule is CC(C)c1cc(C=C(C#N)S(=O)(=O)C=C(C#N)c2cc(C(C)C)c(O)c(C(C)C)c2)cc(C(C)C)c1O. The van der Waals surface area contributed by atoms with Gasteiger partial charge in [-0.05, 0) is 87.4 Å². The maximum Gasteiger partial charge on any atom is 0.211 e. The molecule has 2 rings (SSSR count). The summed E-state index contributed by atoms with van der Waals surface area (Å²) in [6, 6.07) is 10.3. The Bertz CT molecular complexity index is 1370. The Morgan fingerprint density at radius 2 is 1.11 bits per heavy atom. The third-order valence-corrected chi connectivity index (χ3v) is 7.64. The first-order chi connectivity index (χ1) is 17.1. The topological polar surface area (TPSA) is 122 Å². The van der Waals surface area contributed by atoms with Crippen LogP contribution in [0.4, 0.5) is 0 Å². The molecule has 0 aliphatic rings. The number of hydrogen-bond donors (Lipinski definition) is 2. The Hall–Kier alpha value is -3.55. The molecule has 6 nitrogen and oxygen atoms in total. The van der Waals surface area contributed by atoms with Crippen LogP contribution in [0.15, 0.2) is 34.6 Å². The predicted octanol–water partition coefficient (Wildman–Crippen LogP) is 7.44. The van der Waals surface area contributed by atoms with Crippen LogP contribution in [0.2, 0.25) is 0 Å². The second-order valence-corrected chi connectivity index (χ2v) is 12.2. The lowest BCUT2D eigenvalue weighted by molar-refractivity contribution is 0.454. The van der Waals surface area contributed by atoms with Gasteiger partial charge in [0.05, 0.1) is 11.0 Å². The van der Waals surface area contributed by atoms with Gasteiger partial charge in [0.15, 0.2) is 0 Å². The van der Waals surface area contributed by atoms with Crippen molar-refractivity contribution in [3.8, 4) is 23.6 Å². The van der Waals surface area contributed by atoms with Crippen molar-refractivity contribution >= 4 is 21.5 Å². The van der Waals surface area contributed by atoms with E-state index in [-0.39, 0.29) is 40.7 Å². The van der Waals surface area contributed by atoms with Gasteiger partial charge < -0.3 is 10.2 Å². The molecular weight excluding hydrogens is 484 g/mol. The van der Waals surface area contributed by atoms with Crippen LogP contribution in [-0.2, 0) is 9.84 Å². The number of hydrogen-bond acceptors (Lipinski definition) is 6. The highest BCUT2D eigenvalue weighted by Crippen LogP contribution is 2.38. The number of allylic oxidation sites excluding steroid dienone is 2. The molecule has 0 saturated carbocycles. The maximum atomic E-state index is 13.3. The Labute approximate surface area is 221 Å². The zero-order valence-corrected chi connectivity index (χ0v) is 23.6. The number of rotatable bonds is 8. The molecule has 37 heavy (non-hydrogen) atoms. The third kappa shape index (κ3) is 6.61. The third-order valence-electron chi connectivity index (χ3n) is 6.27. The van der Waals surface area contributed by atoms with E-state index in [9.17, 15) is 29.2 Å². The molecule has 0 radical (unpaired) electrons. The van der Waals surface area contributed by atoms with Gasteiger partial charge in [-0.1, -0.05) is 55.4 Å². The second kappa shape index (κ2) is 11.7. The van der Waals surface area contributed by atoms with Crippen LogP contribution < -0.4 is 0 Å². The van der Waals surface area contributed by atoms with Gasteiger partial charge in [0.2, 0.25) is 9.84 Å². The largest absolute Gasteiger partial charge is 0.507 e. The molecule has 0 spiro atoms. The highest BCUT2D eigenvalue weighted by Gasteiger charge is 2.22. The lowest BCUT2D eigenvalue weighted by atomic mass is 9.90. The van der Waals surface area contributed by atoms with Gasteiger partial charge >= 0.3 is 0 Å². The zero-order chi connectivity index (χ0) is 28.2. The summed E-state index contributed by atoms with van der Waals surface area (Å²) in [5, 5.41) is 41.8. The Balaban J connectivity index is 2.73. The van der Waals surface area contributed by atoms with Crippen LogP contribution >= 0.6 is 0 Å². The summed E-state index contributed by atoms with van der Waals surface area (Å²) in [5.41, 5.74) is 3.26. The molecule has 0 unspecified atom stereocenters. The number of phenolic OH excluding ortho intramolecular Hbond substituents is 2. The highest BCUT2D eigenvalue weighted by atomic mass is 32.2. The van der Waals surface area contributed by atoms with Crippen molar-refractivity contribution in [1.82, 2.24) is 0 Å². The summed E-state index contributed by atoms with van der Waals surface area (Å²) >= 11 is 0. The monoisotopic (exact) mass is 520 g/mol. The number of benzene rings is 2. The van der Waals surface area contributed by atoms with E-state index in [1.54, 1.807) is 30.3 Å². The first kappa shape index (κ1) is 29.7. The zero-order valence-electron chi connectivity index (χ0n) is 22.8. The standard InChI is InChI=1S/C30H36N2O4S/c1-17(2)25-10-21(11-26(18(3)4)29(25)33)9-24(15-32)37(35,36)16-23(14-31)22-12-27(19(5)6)30(34)28(13-22)20(7)8/h9-13,16-20,33-34H,1-8H3. The summed E-state index contributed by atoms with van der Waals surface area (Å²) in [7, 11) is -4.29. The lowest BCUT2D eigenvalue weighted by Crippen LogP contribution is -2.02. The molecule has 196 valence electrons. The summed E-state index contributed by atoms with van der Waals surface area (Å²) in [5.74, 6) is 0.174. The van der Waals surface area contributed by atoms with Gasteiger partial charge in [0, 0.05) is 0 Å². The molecule has 0 fully saturated rings. The molecule has 0 aliphatic heterocycles. The first-order valence-corrected chi connectivity index (χ1v) is 13.9. The van der Waals surface area contributed by atoms with Crippen LogP contribution in [0, 0.1) is 22.7 Å². The van der Waals surface area contributed by atoms with Gasteiger partial charge in [-0.2, -0.15) is 10.5 Å². The molecule has 0 amide bonds. The normalized spacial score (nSPS) is 12.9. The average Bonchev–Trinajstić information content (AvgIpc) is 2.80. The van der Waals surface area contributed by atoms with Crippen molar-refractivity contribution in [2.45, 2.75) is 79.1 Å². The Morgan fingerprint density at radius 3 is 1.43 bits per heavy atom. The number of nitrogens with zero attached hydrogens (tertiary/aromatic N) is 2. The summed E-state index contributed by atoms with van der Waals surface area (Å²) in [6.45, 7) is 15.3. The van der Waals surface area contributed by atoms with Gasteiger partial charge in [-0.25, -0.2) is 8.42 Å². The summed E-state index contributed by atoms with van der Waals surface area (Å²) in [6.07, 6.45) is 1.27.